The number of carbonyl (C=O) groups excluding carboxylic acids is 1. The minimum absolute atomic E-state index is 0.449. The number of aromatic amines is 1. The summed E-state index contributed by atoms with van der Waals surface area (Å²) in [4.78, 5) is 10.5. The predicted molar refractivity (Wildman–Crippen MR) is 54.3 cm³/mol. The smallest absolute Gasteiger partial charge is 0.241 e. The third-order valence-corrected chi connectivity index (χ3v) is 1.91. The van der Waals surface area contributed by atoms with Gasteiger partial charge in [0.25, 0.3) is 0 Å². The molecule has 1 aromatic heterocycles. The molecule has 70 valence electrons. The third-order valence-electron chi connectivity index (χ3n) is 1.91. The Kier molecular flexibility index (Phi) is 2.02. The van der Waals surface area contributed by atoms with E-state index in [1.807, 2.05) is 18.2 Å². The van der Waals surface area contributed by atoms with Crippen molar-refractivity contribution in [3.05, 3.63) is 36.0 Å². The molecule has 0 aliphatic carbocycles. The van der Waals surface area contributed by atoms with Gasteiger partial charge in [-0.2, -0.15) is 5.10 Å². The molecular weight excluding hydrogens is 178 g/mol. The van der Waals surface area contributed by atoms with Gasteiger partial charge in [0.05, 0.1) is 11.7 Å². The first-order chi connectivity index (χ1) is 6.75. The molecule has 1 aromatic carbocycles. The minimum Gasteiger partial charge on any atom is -0.366 e. The molecule has 0 saturated heterocycles. The van der Waals surface area contributed by atoms with Gasteiger partial charge in [-0.25, -0.2) is 0 Å². The van der Waals surface area contributed by atoms with Gasteiger partial charge < -0.3 is 5.73 Å². The van der Waals surface area contributed by atoms with Crippen molar-refractivity contribution in [3.63, 3.8) is 0 Å². The highest BCUT2D eigenvalue weighted by Gasteiger charge is 1.95. The molecule has 1 heterocycles. The Hall–Kier alpha value is -2.10. The normalized spacial score (nSPS) is 11.1. The van der Waals surface area contributed by atoms with E-state index in [2.05, 4.69) is 10.2 Å². The Morgan fingerprint density at radius 3 is 3.14 bits per heavy atom. The quantitative estimate of drug-likeness (QED) is 0.690. The molecule has 3 N–H and O–H groups in total. The number of nitrogens with two attached hydrogens (primary N) is 1. The number of benzene rings is 1. The highest BCUT2D eigenvalue weighted by molar-refractivity contribution is 5.91. The van der Waals surface area contributed by atoms with Crippen LogP contribution in [0.4, 0.5) is 0 Å². The summed E-state index contributed by atoms with van der Waals surface area (Å²) < 4.78 is 0. The molecule has 0 atom stereocenters. The highest BCUT2D eigenvalue weighted by atomic mass is 16.1. The lowest BCUT2D eigenvalue weighted by Gasteiger charge is -1.92. The molecule has 0 aliphatic heterocycles. The van der Waals surface area contributed by atoms with E-state index in [1.165, 1.54) is 6.08 Å². The van der Waals surface area contributed by atoms with Crippen molar-refractivity contribution in [1.82, 2.24) is 10.2 Å². The van der Waals surface area contributed by atoms with Crippen LogP contribution in [0, 0.1) is 0 Å². The summed E-state index contributed by atoms with van der Waals surface area (Å²) in [6.07, 6.45) is 4.75. The van der Waals surface area contributed by atoms with Crippen LogP contribution in [0.5, 0.6) is 0 Å². The molecule has 0 bridgehead atoms. The van der Waals surface area contributed by atoms with E-state index in [1.54, 1.807) is 12.3 Å². The fourth-order valence-electron chi connectivity index (χ4n) is 1.24. The predicted octanol–water partition coefficient (Wildman–Crippen LogP) is 1.06. The van der Waals surface area contributed by atoms with Gasteiger partial charge in [0.1, 0.15) is 0 Å². The Morgan fingerprint density at radius 1 is 1.50 bits per heavy atom. The molecule has 0 saturated carbocycles. The van der Waals surface area contributed by atoms with E-state index in [0.717, 1.165) is 16.5 Å². The summed E-state index contributed by atoms with van der Waals surface area (Å²) in [5.74, 6) is -0.449. The third kappa shape index (κ3) is 1.64. The van der Waals surface area contributed by atoms with Gasteiger partial charge in [0.15, 0.2) is 0 Å². The van der Waals surface area contributed by atoms with E-state index in [-0.39, 0.29) is 0 Å². The molecule has 0 unspecified atom stereocenters. The van der Waals surface area contributed by atoms with Gasteiger partial charge in [-0.3, -0.25) is 9.89 Å². The van der Waals surface area contributed by atoms with Gasteiger partial charge in [0.2, 0.25) is 5.91 Å². The van der Waals surface area contributed by atoms with E-state index in [9.17, 15) is 4.79 Å². The van der Waals surface area contributed by atoms with Crippen molar-refractivity contribution in [2.45, 2.75) is 0 Å². The number of fused-ring (bicyclic) bond motifs is 1. The number of rotatable bonds is 2. The Morgan fingerprint density at radius 2 is 2.36 bits per heavy atom. The topological polar surface area (TPSA) is 71.8 Å². The summed E-state index contributed by atoms with van der Waals surface area (Å²) in [6.45, 7) is 0. The summed E-state index contributed by atoms with van der Waals surface area (Å²) in [7, 11) is 0. The van der Waals surface area contributed by atoms with E-state index >= 15 is 0 Å². The molecule has 0 aliphatic rings. The highest BCUT2D eigenvalue weighted by Crippen LogP contribution is 2.13. The SMILES string of the molecule is NC(=O)C=Cc1ccc2cn[nH]c2c1. The maximum absolute atomic E-state index is 10.5. The van der Waals surface area contributed by atoms with Crippen LogP contribution in [-0.2, 0) is 4.79 Å². The van der Waals surface area contributed by atoms with Crippen molar-refractivity contribution in [3.8, 4) is 0 Å². The fourth-order valence-corrected chi connectivity index (χ4v) is 1.24. The fraction of sp³-hybridized carbons (Fsp3) is 0. The molecule has 0 fully saturated rings. The Labute approximate surface area is 80.4 Å². The molecular formula is C10H9N3O. The maximum Gasteiger partial charge on any atom is 0.241 e. The monoisotopic (exact) mass is 187 g/mol. The summed E-state index contributed by atoms with van der Waals surface area (Å²) in [5.41, 5.74) is 6.85. The first kappa shape index (κ1) is 8.50. The number of nitrogens with zero attached hydrogens (tertiary/aromatic N) is 1. The van der Waals surface area contributed by atoms with Gasteiger partial charge in [-0.15, -0.1) is 0 Å². The second-order valence-corrected chi connectivity index (χ2v) is 2.95. The minimum atomic E-state index is -0.449. The van der Waals surface area contributed by atoms with Crippen LogP contribution in [-0.4, -0.2) is 16.1 Å². The zero-order valence-corrected chi connectivity index (χ0v) is 7.40. The van der Waals surface area contributed by atoms with Crippen molar-refractivity contribution in [2.24, 2.45) is 5.73 Å². The van der Waals surface area contributed by atoms with Crippen molar-refractivity contribution in [2.75, 3.05) is 0 Å². The lowest BCUT2D eigenvalue weighted by Crippen LogP contribution is -2.04. The second kappa shape index (κ2) is 3.33. The Balaban J connectivity index is 2.39. The van der Waals surface area contributed by atoms with Gasteiger partial charge in [-0.1, -0.05) is 12.1 Å². The second-order valence-electron chi connectivity index (χ2n) is 2.95. The molecule has 4 nitrogen and oxygen atoms in total. The summed E-state index contributed by atoms with van der Waals surface area (Å²) in [6, 6.07) is 5.73. The summed E-state index contributed by atoms with van der Waals surface area (Å²) >= 11 is 0. The van der Waals surface area contributed by atoms with E-state index in [4.69, 9.17) is 5.73 Å². The van der Waals surface area contributed by atoms with Crippen LogP contribution in [0.3, 0.4) is 0 Å². The zero-order valence-electron chi connectivity index (χ0n) is 7.40. The lowest BCUT2D eigenvalue weighted by atomic mass is 10.1. The lowest BCUT2D eigenvalue weighted by molar-refractivity contribution is -0.113. The van der Waals surface area contributed by atoms with Crippen LogP contribution in [0.25, 0.3) is 17.0 Å². The first-order valence-electron chi connectivity index (χ1n) is 4.16. The van der Waals surface area contributed by atoms with Crippen LogP contribution >= 0.6 is 0 Å². The summed E-state index contributed by atoms with van der Waals surface area (Å²) in [5, 5.41) is 7.79. The van der Waals surface area contributed by atoms with Crippen LogP contribution in [0.2, 0.25) is 0 Å². The molecule has 14 heavy (non-hydrogen) atoms. The molecule has 2 rings (SSSR count). The van der Waals surface area contributed by atoms with Crippen molar-refractivity contribution in [1.29, 1.82) is 0 Å². The van der Waals surface area contributed by atoms with E-state index in [0.29, 0.717) is 0 Å². The molecule has 0 radical (unpaired) electrons. The average Bonchev–Trinajstić information content (AvgIpc) is 2.61. The number of aromatic nitrogens is 2. The molecule has 2 aromatic rings. The van der Waals surface area contributed by atoms with Crippen molar-refractivity contribution < 1.29 is 4.79 Å². The zero-order chi connectivity index (χ0) is 9.97. The number of nitrogens with one attached hydrogen (secondary N) is 1. The number of amides is 1. The van der Waals surface area contributed by atoms with Crippen molar-refractivity contribution >= 4 is 22.9 Å². The number of hydrogen-bond donors (Lipinski definition) is 2. The van der Waals surface area contributed by atoms with Crippen LogP contribution in [0.1, 0.15) is 5.56 Å². The number of H-pyrrole nitrogens is 1. The van der Waals surface area contributed by atoms with Crippen LogP contribution < -0.4 is 5.73 Å². The molecule has 1 amide bonds. The Bertz CT molecular complexity index is 499. The maximum atomic E-state index is 10.5. The first-order valence-corrected chi connectivity index (χ1v) is 4.16. The number of hydrogen-bond acceptors (Lipinski definition) is 2. The van der Waals surface area contributed by atoms with Gasteiger partial charge in [-0.05, 0) is 17.7 Å². The standard InChI is InChI=1S/C10H9N3O/c11-10(14)4-2-7-1-3-8-6-12-13-9(8)5-7/h1-6H,(H2,11,14)(H,12,13). The van der Waals surface area contributed by atoms with Crippen LogP contribution in [0.15, 0.2) is 30.5 Å². The van der Waals surface area contributed by atoms with E-state index < -0.39 is 5.91 Å². The molecule has 0 spiro atoms. The molecule has 4 heteroatoms. The van der Waals surface area contributed by atoms with Gasteiger partial charge >= 0.3 is 0 Å². The largest absolute Gasteiger partial charge is 0.366 e. The average molecular weight is 187 g/mol. The van der Waals surface area contributed by atoms with Gasteiger partial charge in [0, 0.05) is 11.5 Å². The number of primary amides is 1. The number of carbonyl (C=O) groups is 1.